The number of aromatic nitrogens is 2. The van der Waals surface area contributed by atoms with Crippen LogP contribution >= 0.6 is 0 Å². The van der Waals surface area contributed by atoms with Gasteiger partial charge in [0.25, 0.3) is 5.91 Å². The lowest BCUT2D eigenvalue weighted by Gasteiger charge is -2.36. The van der Waals surface area contributed by atoms with Gasteiger partial charge in [-0.1, -0.05) is 0 Å². The number of alkyl halides is 1. The number of hydrogen-bond acceptors (Lipinski definition) is 6. The van der Waals surface area contributed by atoms with Crippen LogP contribution in [0.25, 0.3) is 0 Å². The standard InChI is InChI=1S/C20H19F3N6O2/c21-11-1-2-14(22)13(7-11)17-3-5-27-29(17)20(31)12-4-6-28(9-15(12)23)18-8-16(19(24)30)25-10-26-18/h1-2,5,7-8,10,12,15,17H,3-4,6,9H2,(H2,24,30)/t12-,15+,17+/m1/s1. The minimum Gasteiger partial charge on any atom is -0.364 e. The predicted molar refractivity (Wildman–Crippen MR) is 105 cm³/mol. The number of benzene rings is 1. The van der Waals surface area contributed by atoms with Crippen molar-refractivity contribution in [1.29, 1.82) is 0 Å². The summed E-state index contributed by atoms with van der Waals surface area (Å²) < 4.78 is 42.8. The maximum absolute atomic E-state index is 15.0. The second-order valence-corrected chi connectivity index (χ2v) is 7.38. The number of amides is 2. The molecular formula is C20H19F3N6O2. The number of primary amides is 1. The van der Waals surface area contributed by atoms with E-state index in [0.717, 1.165) is 29.5 Å². The number of nitrogens with two attached hydrogens (primary N) is 1. The molecule has 0 unspecified atom stereocenters. The van der Waals surface area contributed by atoms with Gasteiger partial charge in [-0.05, 0) is 24.6 Å². The molecule has 0 spiro atoms. The lowest BCUT2D eigenvalue weighted by Crippen LogP contribution is -2.48. The first kappa shape index (κ1) is 20.8. The van der Waals surface area contributed by atoms with Gasteiger partial charge in [-0.25, -0.2) is 28.1 Å². The van der Waals surface area contributed by atoms with Crippen molar-refractivity contribution in [3.63, 3.8) is 0 Å². The van der Waals surface area contributed by atoms with Gasteiger partial charge in [-0.2, -0.15) is 5.10 Å². The summed E-state index contributed by atoms with van der Waals surface area (Å²) in [6.45, 7) is 0.157. The van der Waals surface area contributed by atoms with E-state index in [1.807, 2.05) is 0 Å². The first-order valence-electron chi connectivity index (χ1n) is 9.66. The molecule has 2 aromatic rings. The molecule has 31 heavy (non-hydrogen) atoms. The predicted octanol–water partition coefficient (Wildman–Crippen LogP) is 1.98. The number of anilines is 1. The molecule has 2 N–H and O–H groups in total. The maximum Gasteiger partial charge on any atom is 0.267 e. The molecule has 2 aliphatic rings. The van der Waals surface area contributed by atoms with Crippen molar-refractivity contribution in [3.05, 3.63) is 53.5 Å². The second kappa shape index (κ2) is 8.32. The van der Waals surface area contributed by atoms with Gasteiger partial charge in [0.1, 0.15) is 35.6 Å². The van der Waals surface area contributed by atoms with Crippen LogP contribution in [0.5, 0.6) is 0 Å². The number of rotatable bonds is 4. The molecule has 2 aliphatic heterocycles. The van der Waals surface area contributed by atoms with E-state index in [1.54, 1.807) is 4.90 Å². The largest absolute Gasteiger partial charge is 0.364 e. The molecule has 1 aromatic carbocycles. The normalized spacial score (nSPS) is 23.3. The van der Waals surface area contributed by atoms with E-state index >= 15 is 4.39 Å². The van der Waals surface area contributed by atoms with Crippen molar-refractivity contribution in [1.82, 2.24) is 15.0 Å². The molecule has 162 valence electrons. The molecule has 3 atom stereocenters. The summed E-state index contributed by atoms with van der Waals surface area (Å²) in [5, 5.41) is 5.04. The molecule has 1 fully saturated rings. The monoisotopic (exact) mass is 432 g/mol. The van der Waals surface area contributed by atoms with Crippen LogP contribution in [0.3, 0.4) is 0 Å². The van der Waals surface area contributed by atoms with Crippen molar-refractivity contribution in [3.8, 4) is 0 Å². The second-order valence-electron chi connectivity index (χ2n) is 7.38. The molecule has 0 aliphatic carbocycles. The summed E-state index contributed by atoms with van der Waals surface area (Å²) in [6, 6.07) is 3.55. The van der Waals surface area contributed by atoms with Gasteiger partial charge in [0.2, 0.25) is 5.91 Å². The molecule has 11 heteroatoms. The smallest absolute Gasteiger partial charge is 0.267 e. The van der Waals surface area contributed by atoms with Crippen molar-refractivity contribution >= 4 is 23.8 Å². The zero-order chi connectivity index (χ0) is 22.1. The molecule has 0 saturated carbocycles. The molecule has 0 radical (unpaired) electrons. The van der Waals surface area contributed by atoms with Gasteiger partial charge in [0.05, 0.1) is 18.5 Å². The lowest BCUT2D eigenvalue weighted by atomic mass is 9.92. The minimum atomic E-state index is -1.55. The third-order valence-corrected chi connectivity index (χ3v) is 5.46. The Morgan fingerprint density at radius 1 is 1.16 bits per heavy atom. The van der Waals surface area contributed by atoms with Crippen molar-refractivity contribution in [2.24, 2.45) is 16.8 Å². The molecule has 8 nitrogen and oxygen atoms in total. The molecular weight excluding hydrogens is 413 g/mol. The number of hydrogen-bond donors (Lipinski definition) is 1. The first-order chi connectivity index (χ1) is 14.8. The van der Waals surface area contributed by atoms with Crippen LogP contribution in [-0.4, -0.2) is 52.3 Å². The van der Waals surface area contributed by atoms with Gasteiger partial charge in [0, 0.05) is 30.8 Å². The Morgan fingerprint density at radius 3 is 2.71 bits per heavy atom. The summed E-state index contributed by atoms with van der Waals surface area (Å²) in [7, 11) is 0. The Balaban J connectivity index is 1.49. The van der Waals surface area contributed by atoms with E-state index in [9.17, 15) is 18.4 Å². The van der Waals surface area contributed by atoms with Crippen LogP contribution in [0.15, 0.2) is 35.7 Å². The Kier molecular flexibility index (Phi) is 5.57. The molecule has 0 bridgehead atoms. The summed E-state index contributed by atoms with van der Waals surface area (Å²) in [5.74, 6) is -3.27. The molecule has 2 amide bonds. The molecule has 3 heterocycles. The van der Waals surface area contributed by atoms with Gasteiger partial charge in [0.15, 0.2) is 0 Å². The van der Waals surface area contributed by atoms with Crippen LogP contribution in [0, 0.1) is 17.6 Å². The van der Waals surface area contributed by atoms with E-state index in [-0.39, 0.29) is 30.6 Å². The lowest BCUT2D eigenvalue weighted by molar-refractivity contribution is -0.140. The Morgan fingerprint density at radius 2 is 1.97 bits per heavy atom. The quantitative estimate of drug-likeness (QED) is 0.796. The highest BCUT2D eigenvalue weighted by atomic mass is 19.1. The van der Waals surface area contributed by atoms with Crippen molar-refractivity contribution in [2.75, 3.05) is 18.0 Å². The molecule has 1 aromatic heterocycles. The summed E-state index contributed by atoms with van der Waals surface area (Å²) in [6.07, 6.45) is 1.40. The average Bonchev–Trinajstić information content (AvgIpc) is 3.24. The first-order valence-corrected chi connectivity index (χ1v) is 9.66. The van der Waals surface area contributed by atoms with Gasteiger partial charge < -0.3 is 10.6 Å². The number of nitrogens with zero attached hydrogens (tertiary/aromatic N) is 5. The van der Waals surface area contributed by atoms with Crippen LogP contribution in [0.4, 0.5) is 19.0 Å². The van der Waals surface area contributed by atoms with E-state index in [4.69, 9.17) is 5.73 Å². The zero-order valence-corrected chi connectivity index (χ0v) is 16.3. The van der Waals surface area contributed by atoms with Crippen LogP contribution in [-0.2, 0) is 4.79 Å². The molecule has 4 rings (SSSR count). The maximum atomic E-state index is 15.0. The van der Waals surface area contributed by atoms with Gasteiger partial charge in [-0.3, -0.25) is 9.59 Å². The third-order valence-electron chi connectivity index (χ3n) is 5.46. The summed E-state index contributed by atoms with van der Waals surface area (Å²) in [5.41, 5.74) is 5.22. The van der Waals surface area contributed by atoms with E-state index in [2.05, 4.69) is 15.1 Å². The van der Waals surface area contributed by atoms with Crippen molar-refractivity contribution < 1.29 is 22.8 Å². The van der Waals surface area contributed by atoms with E-state index < -0.39 is 41.6 Å². The highest BCUT2D eigenvalue weighted by Gasteiger charge is 2.41. The highest BCUT2D eigenvalue weighted by molar-refractivity contribution is 5.91. The number of carbonyl (C=O) groups excluding carboxylic acids is 2. The number of piperidine rings is 1. The fourth-order valence-electron chi connectivity index (χ4n) is 3.87. The van der Waals surface area contributed by atoms with Crippen LogP contribution < -0.4 is 10.6 Å². The Bertz CT molecular complexity index is 1050. The number of halogens is 3. The Hall–Kier alpha value is -3.50. The summed E-state index contributed by atoms with van der Waals surface area (Å²) >= 11 is 0. The SMILES string of the molecule is NC(=O)c1cc(N2CC[C@@H](C(=O)N3N=CC[C@H]3c3cc(F)ccc3F)[C@@H](F)C2)ncn1. The zero-order valence-electron chi connectivity index (χ0n) is 16.3. The fourth-order valence-corrected chi connectivity index (χ4v) is 3.87. The minimum absolute atomic E-state index is 0.00124. The van der Waals surface area contributed by atoms with Gasteiger partial charge in [-0.15, -0.1) is 0 Å². The molecule has 1 saturated heterocycles. The van der Waals surface area contributed by atoms with Gasteiger partial charge >= 0.3 is 0 Å². The van der Waals surface area contributed by atoms with E-state index in [0.29, 0.717) is 12.4 Å². The highest BCUT2D eigenvalue weighted by Crippen LogP contribution is 2.34. The Labute approximate surface area is 175 Å². The third kappa shape index (κ3) is 4.07. The topological polar surface area (TPSA) is 105 Å². The van der Waals surface area contributed by atoms with E-state index in [1.165, 1.54) is 12.3 Å². The summed E-state index contributed by atoms with van der Waals surface area (Å²) in [4.78, 5) is 33.7. The van der Waals surface area contributed by atoms with Crippen LogP contribution in [0.2, 0.25) is 0 Å². The fraction of sp³-hybridized carbons (Fsp3) is 0.350. The number of carbonyl (C=O) groups is 2. The average molecular weight is 432 g/mol. The number of hydrazone groups is 1. The van der Waals surface area contributed by atoms with Crippen LogP contribution in [0.1, 0.15) is 34.9 Å². The van der Waals surface area contributed by atoms with Crippen molar-refractivity contribution in [2.45, 2.75) is 25.1 Å².